The van der Waals surface area contributed by atoms with Gasteiger partial charge in [-0.05, 0) is 29.7 Å². The number of alkyl halides is 4. The van der Waals surface area contributed by atoms with E-state index in [0.717, 1.165) is 11.1 Å². The van der Waals surface area contributed by atoms with Crippen molar-refractivity contribution in [1.82, 2.24) is 0 Å². The number of benzene rings is 2. The van der Waals surface area contributed by atoms with Crippen LogP contribution in [-0.2, 0) is 6.42 Å². The zero-order chi connectivity index (χ0) is 14.6. The Morgan fingerprint density at radius 3 is 2.10 bits per heavy atom. The molecule has 0 aliphatic heterocycles. The van der Waals surface area contributed by atoms with E-state index in [1.807, 2.05) is 30.3 Å². The van der Waals surface area contributed by atoms with E-state index in [2.05, 4.69) is 4.74 Å². The second-order valence-electron chi connectivity index (χ2n) is 4.27. The molecule has 0 aromatic heterocycles. The van der Waals surface area contributed by atoms with Crippen molar-refractivity contribution in [2.24, 2.45) is 0 Å². The monoisotopic (exact) mass is 300 g/mol. The molecule has 2 rings (SSSR count). The second kappa shape index (κ2) is 6.18. The van der Waals surface area contributed by atoms with Gasteiger partial charge in [0.25, 0.3) is 0 Å². The third-order valence-electron chi connectivity index (χ3n) is 2.73. The molecule has 0 saturated heterocycles. The molecule has 1 unspecified atom stereocenters. The largest absolute Gasteiger partial charge is 0.573 e. The maximum absolute atomic E-state index is 12.0. The molecule has 0 spiro atoms. The lowest BCUT2D eigenvalue weighted by molar-refractivity contribution is -0.274. The molecule has 0 radical (unpaired) electrons. The SMILES string of the molecule is FC(F)(F)Oc1ccc(C(Cl)Cc2ccccc2)cc1. The summed E-state index contributed by atoms with van der Waals surface area (Å²) in [6.45, 7) is 0. The van der Waals surface area contributed by atoms with Gasteiger partial charge in [0.1, 0.15) is 5.75 Å². The van der Waals surface area contributed by atoms with Crippen LogP contribution in [0.5, 0.6) is 5.75 Å². The van der Waals surface area contributed by atoms with Crippen LogP contribution in [0.3, 0.4) is 0 Å². The zero-order valence-electron chi connectivity index (χ0n) is 10.4. The molecule has 5 heteroatoms. The van der Waals surface area contributed by atoms with Crippen LogP contribution < -0.4 is 4.74 Å². The molecule has 0 bridgehead atoms. The molecule has 1 nitrogen and oxygen atoms in total. The van der Waals surface area contributed by atoms with Crippen molar-refractivity contribution in [2.75, 3.05) is 0 Å². The highest BCUT2D eigenvalue weighted by Gasteiger charge is 2.31. The average Bonchev–Trinajstić information content (AvgIpc) is 2.39. The van der Waals surface area contributed by atoms with Gasteiger partial charge in [-0.15, -0.1) is 24.8 Å². The van der Waals surface area contributed by atoms with Crippen LogP contribution in [-0.4, -0.2) is 6.36 Å². The maximum Gasteiger partial charge on any atom is 0.573 e. The van der Waals surface area contributed by atoms with Gasteiger partial charge in [0, 0.05) is 0 Å². The highest BCUT2D eigenvalue weighted by molar-refractivity contribution is 6.20. The Hall–Kier alpha value is -1.68. The first-order valence-electron chi connectivity index (χ1n) is 5.98. The molecule has 0 aliphatic carbocycles. The van der Waals surface area contributed by atoms with Crippen molar-refractivity contribution >= 4 is 11.6 Å². The van der Waals surface area contributed by atoms with Crippen molar-refractivity contribution in [3.05, 3.63) is 65.7 Å². The van der Waals surface area contributed by atoms with Crippen LogP contribution >= 0.6 is 11.6 Å². The molecular weight excluding hydrogens is 289 g/mol. The zero-order valence-corrected chi connectivity index (χ0v) is 11.2. The summed E-state index contributed by atoms with van der Waals surface area (Å²) < 4.78 is 39.9. The molecule has 0 fully saturated rings. The third kappa shape index (κ3) is 4.46. The van der Waals surface area contributed by atoms with Gasteiger partial charge in [0.05, 0.1) is 5.38 Å². The van der Waals surface area contributed by atoms with E-state index in [0.29, 0.717) is 6.42 Å². The van der Waals surface area contributed by atoms with Crippen LogP contribution in [0, 0.1) is 0 Å². The van der Waals surface area contributed by atoms with Crippen molar-refractivity contribution in [3.63, 3.8) is 0 Å². The number of ether oxygens (including phenoxy) is 1. The van der Waals surface area contributed by atoms with Gasteiger partial charge in [-0.3, -0.25) is 0 Å². The van der Waals surface area contributed by atoms with E-state index < -0.39 is 6.36 Å². The molecule has 2 aromatic carbocycles. The first-order valence-corrected chi connectivity index (χ1v) is 6.41. The van der Waals surface area contributed by atoms with E-state index in [1.54, 1.807) is 12.1 Å². The van der Waals surface area contributed by atoms with Crippen LogP contribution in [0.25, 0.3) is 0 Å². The Bertz CT molecular complexity index is 537. The minimum Gasteiger partial charge on any atom is -0.406 e. The second-order valence-corrected chi connectivity index (χ2v) is 4.80. The highest BCUT2D eigenvalue weighted by atomic mass is 35.5. The average molecular weight is 301 g/mol. The first kappa shape index (κ1) is 14.7. The van der Waals surface area contributed by atoms with E-state index in [-0.39, 0.29) is 11.1 Å². The van der Waals surface area contributed by atoms with Gasteiger partial charge in [-0.2, -0.15) is 0 Å². The van der Waals surface area contributed by atoms with Crippen molar-refractivity contribution in [3.8, 4) is 5.75 Å². The van der Waals surface area contributed by atoms with Crippen molar-refractivity contribution in [2.45, 2.75) is 18.2 Å². The quantitative estimate of drug-likeness (QED) is 0.713. The fourth-order valence-electron chi connectivity index (χ4n) is 1.82. The summed E-state index contributed by atoms with van der Waals surface area (Å²) in [5.74, 6) is -0.246. The molecule has 1 atom stereocenters. The van der Waals surface area contributed by atoms with Crippen LogP contribution in [0.2, 0.25) is 0 Å². The highest BCUT2D eigenvalue weighted by Crippen LogP contribution is 2.28. The fourth-order valence-corrected chi connectivity index (χ4v) is 2.14. The van der Waals surface area contributed by atoms with E-state index in [1.165, 1.54) is 12.1 Å². The molecule has 0 N–H and O–H groups in total. The number of rotatable bonds is 4. The number of hydrogen-bond donors (Lipinski definition) is 0. The Balaban J connectivity index is 2.02. The maximum atomic E-state index is 12.0. The topological polar surface area (TPSA) is 9.23 Å². The summed E-state index contributed by atoms with van der Waals surface area (Å²) in [6, 6.07) is 15.3. The molecule has 0 aliphatic rings. The number of hydrogen-bond acceptors (Lipinski definition) is 1. The van der Waals surface area contributed by atoms with Gasteiger partial charge < -0.3 is 4.74 Å². The molecule has 0 saturated carbocycles. The first-order chi connectivity index (χ1) is 9.44. The smallest absolute Gasteiger partial charge is 0.406 e. The fraction of sp³-hybridized carbons (Fsp3) is 0.200. The summed E-state index contributed by atoms with van der Waals surface area (Å²) in [5.41, 5.74) is 1.83. The Morgan fingerprint density at radius 1 is 0.950 bits per heavy atom. The van der Waals surface area contributed by atoms with E-state index in [4.69, 9.17) is 11.6 Å². The van der Waals surface area contributed by atoms with Crippen molar-refractivity contribution in [1.29, 1.82) is 0 Å². The van der Waals surface area contributed by atoms with E-state index in [9.17, 15) is 13.2 Å². The lowest BCUT2D eigenvalue weighted by Gasteiger charge is -2.12. The van der Waals surface area contributed by atoms with Crippen LogP contribution in [0.1, 0.15) is 16.5 Å². The molecule has 0 amide bonds. The molecule has 106 valence electrons. The minimum atomic E-state index is -4.67. The minimum absolute atomic E-state index is 0.246. The van der Waals surface area contributed by atoms with Gasteiger partial charge in [0.15, 0.2) is 0 Å². The molecule has 2 aromatic rings. The van der Waals surface area contributed by atoms with Gasteiger partial charge in [-0.25, -0.2) is 0 Å². The number of halogens is 4. The summed E-state index contributed by atoms with van der Waals surface area (Å²) in [7, 11) is 0. The van der Waals surface area contributed by atoms with Crippen molar-refractivity contribution < 1.29 is 17.9 Å². The Morgan fingerprint density at radius 2 is 1.55 bits per heavy atom. The summed E-state index contributed by atoms with van der Waals surface area (Å²) in [4.78, 5) is 0. The summed E-state index contributed by atoms with van der Waals surface area (Å²) >= 11 is 6.26. The predicted molar refractivity (Wildman–Crippen MR) is 71.9 cm³/mol. The van der Waals surface area contributed by atoms with E-state index >= 15 is 0 Å². The standard InChI is InChI=1S/C15H12ClF3O/c16-14(10-11-4-2-1-3-5-11)12-6-8-13(9-7-12)20-15(17,18)19/h1-9,14H,10H2. The molecular formula is C15H12ClF3O. The van der Waals surface area contributed by atoms with Gasteiger partial charge in [0.2, 0.25) is 0 Å². The molecule has 0 heterocycles. The van der Waals surface area contributed by atoms with Crippen LogP contribution in [0.15, 0.2) is 54.6 Å². The summed E-state index contributed by atoms with van der Waals surface area (Å²) in [5, 5.41) is -0.294. The van der Waals surface area contributed by atoms with Gasteiger partial charge >= 0.3 is 6.36 Å². The molecule has 20 heavy (non-hydrogen) atoms. The lowest BCUT2D eigenvalue weighted by Crippen LogP contribution is -2.17. The normalized spacial score (nSPS) is 13.0. The lowest BCUT2D eigenvalue weighted by atomic mass is 10.0. The Kier molecular flexibility index (Phi) is 4.55. The van der Waals surface area contributed by atoms with Crippen LogP contribution in [0.4, 0.5) is 13.2 Å². The predicted octanol–water partition coefficient (Wildman–Crippen LogP) is 5.11. The third-order valence-corrected chi connectivity index (χ3v) is 3.14. The summed E-state index contributed by atoms with van der Waals surface area (Å²) in [6.07, 6.45) is -4.06. The Labute approximate surface area is 119 Å². The van der Waals surface area contributed by atoms with Gasteiger partial charge in [-0.1, -0.05) is 42.5 Å².